The molecule has 0 spiro atoms. The number of unbranched alkanes of at least 4 members (excludes halogenated alkanes) is 1. The monoisotopic (exact) mass is 423 g/mol. The van der Waals surface area contributed by atoms with E-state index >= 15 is 0 Å². The van der Waals surface area contributed by atoms with Crippen LogP contribution in [0, 0.1) is 12.8 Å². The summed E-state index contributed by atoms with van der Waals surface area (Å²) in [5.41, 5.74) is 2.18. The number of hydrogen-bond donors (Lipinski definition) is 1. The second-order valence-corrected chi connectivity index (χ2v) is 8.22. The largest absolute Gasteiger partial charge is 0.449 e. The van der Waals surface area contributed by atoms with E-state index in [0.717, 1.165) is 50.8 Å². The minimum atomic E-state index is -0.0512. The number of rotatable bonds is 8. The maximum Gasteiger partial charge on any atom is 0.252 e. The molecule has 1 fully saturated rings. The van der Waals surface area contributed by atoms with Gasteiger partial charge in [0.25, 0.3) is 5.91 Å². The molecule has 2 amide bonds. The Morgan fingerprint density at radius 3 is 2.84 bits per heavy atom. The third-order valence-corrected chi connectivity index (χ3v) is 5.94. The number of carbonyl (C=O) groups is 2. The summed E-state index contributed by atoms with van der Waals surface area (Å²) in [5, 5.41) is 3.00. The maximum absolute atomic E-state index is 12.4. The minimum Gasteiger partial charge on any atom is -0.449 e. The number of pyridine rings is 1. The highest BCUT2D eigenvalue weighted by molar-refractivity contribution is 5.94. The van der Waals surface area contributed by atoms with Crippen molar-refractivity contribution in [2.75, 3.05) is 19.6 Å². The molecule has 0 bridgehead atoms. The van der Waals surface area contributed by atoms with E-state index < -0.39 is 0 Å². The van der Waals surface area contributed by atoms with Crippen LogP contribution in [-0.2, 0) is 11.2 Å². The fourth-order valence-electron chi connectivity index (χ4n) is 4.14. The highest BCUT2D eigenvalue weighted by atomic mass is 16.3. The van der Waals surface area contributed by atoms with Crippen molar-refractivity contribution in [2.45, 2.75) is 45.4 Å². The predicted molar refractivity (Wildman–Crippen MR) is 116 cm³/mol. The molecule has 0 saturated carbocycles. The van der Waals surface area contributed by atoms with E-state index in [2.05, 4.69) is 15.3 Å². The Morgan fingerprint density at radius 1 is 1.23 bits per heavy atom. The number of nitrogens with one attached hydrogen (secondary N) is 1. The van der Waals surface area contributed by atoms with E-state index in [1.54, 1.807) is 31.6 Å². The lowest BCUT2D eigenvalue weighted by atomic mass is 9.91. The van der Waals surface area contributed by atoms with Crippen molar-refractivity contribution in [1.29, 1.82) is 0 Å². The average Bonchev–Trinajstić information content (AvgIpc) is 3.41. The zero-order valence-corrected chi connectivity index (χ0v) is 17.9. The molecule has 0 atom stereocenters. The third kappa shape index (κ3) is 5.51. The zero-order chi connectivity index (χ0) is 21.6. The molecule has 164 valence electrons. The van der Waals surface area contributed by atoms with Gasteiger partial charge in [-0.1, -0.05) is 12.8 Å². The second kappa shape index (κ2) is 9.76. The van der Waals surface area contributed by atoms with Gasteiger partial charge in [0.1, 0.15) is 11.9 Å². The lowest BCUT2D eigenvalue weighted by Gasteiger charge is -2.32. The van der Waals surface area contributed by atoms with Crippen molar-refractivity contribution in [1.82, 2.24) is 24.6 Å². The first-order valence-corrected chi connectivity index (χ1v) is 11.0. The Balaban J connectivity index is 1.10. The lowest BCUT2D eigenvalue weighted by Crippen LogP contribution is -2.39. The molecular weight excluding hydrogens is 394 g/mol. The van der Waals surface area contributed by atoms with Crippen LogP contribution in [-0.4, -0.2) is 50.7 Å². The summed E-state index contributed by atoms with van der Waals surface area (Å²) < 4.78 is 7.02. The van der Waals surface area contributed by atoms with Crippen LogP contribution < -0.4 is 5.32 Å². The van der Waals surface area contributed by atoms with Gasteiger partial charge >= 0.3 is 0 Å². The molecule has 0 radical (unpaired) electrons. The SMILES string of the molecule is Cc1nc(CC(=O)N2CCC(CCCCNC(=O)c3ccc4nccn4c3)CC2)co1. The van der Waals surface area contributed by atoms with Gasteiger partial charge in [-0.2, -0.15) is 0 Å². The minimum absolute atomic E-state index is 0.0512. The molecule has 3 aromatic rings. The van der Waals surface area contributed by atoms with Crippen molar-refractivity contribution in [3.63, 3.8) is 0 Å². The molecule has 31 heavy (non-hydrogen) atoms. The van der Waals surface area contributed by atoms with Crippen LogP contribution in [0.2, 0.25) is 0 Å². The Hall–Kier alpha value is -3.16. The first-order chi connectivity index (χ1) is 15.1. The van der Waals surface area contributed by atoms with Crippen LogP contribution in [0.15, 0.2) is 41.4 Å². The molecule has 1 aliphatic heterocycles. The summed E-state index contributed by atoms with van der Waals surface area (Å²) in [6.45, 7) is 4.09. The number of nitrogens with zero attached hydrogens (tertiary/aromatic N) is 4. The Labute approximate surface area is 181 Å². The molecule has 0 aromatic carbocycles. The molecule has 1 aliphatic rings. The van der Waals surface area contributed by atoms with Crippen LogP contribution in [0.1, 0.15) is 54.0 Å². The van der Waals surface area contributed by atoms with E-state index in [1.165, 1.54) is 0 Å². The Kier molecular flexibility index (Phi) is 6.64. The maximum atomic E-state index is 12.4. The van der Waals surface area contributed by atoms with Gasteiger partial charge in [0, 0.05) is 45.1 Å². The molecule has 0 aliphatic carbocycles. The standard InChI is InChI=1S/C23H29N5O3/c1-17-26-20(16-31-17)14-22(29)27-11-7-18(8-12-27)4-2-3-9-25-23(30)19-5-6-21-24-10-13-28(21)15-19/h5-6,10,13,15-16,18H,2-4,7-9,11-12,14H2,1H3,(H,25,30). The van der Waals surface area contributed by atoms with Crippen LogP contribution >= 0.6 is 0 Å². The predicted octanol–water partition coefficient (Wildman–Crippen LogP) is 3.01. The van der Waals surface area contributed by atoms with Crippen LogP contribution in [0.5, 0.6) is 0 Å². The molecule has 1 N–H and O–H groups in total. The van der Waals surface area contributed by atoms with E-state index in [1.807, 2.05) is 21.6 Å². The van der Waals surface area contributed by atoms with E-state index in [0.29, 0.717) is 36.0 Å². The van der Waals surface area contributed by atoms with Crippen molar-refractivity contribution in [3.8, 4) is 0 Å². The van der Waals surface area contributed by atoms with Crippen molar-refractivity contribution in [2.24, 2.45) is 5.92 Å². The van der Waals surface area contributed by atoms with Gasteiger partial charge in [-0.05, 0) is 37.3 Å². The summed E-state index contributed by atoms with van der Waals surface area (Å²) in [7, 11) is 0. The zero-order valence-electron chi connectivity index (χ0n) is 17.9. The Morgan fingerprint density at radius 2 is 2.06 bits per heavy atom. The van der Waals surface area contributed by atoms with Crippen molar-refractivity contribution >= 4 is 17.5 Å². The molecule has 1 saturated heterocycles. The molecular formula is C23H29N5O3. The molecule has 3 aromatic heterocycles. The Bertz CT molecular complexity index is 1030. The van der Waals surface area contributed by atoms with E-state index in [-0.39, 0.29) is 11.8 Å². The third-order valence-electron chi connectivity index (χ3n) is 5.94. The topological polar surface area (TPSA) is 92.7 Å². The van der Waals surface area contributed by atoms with E-state index in [9.17, 15) is 9.59 Å². The first-order valence-electron chi connectivity index (χ1n) is 11.0. The number of likely N-dealkylation sites (tertiary alicyclic amines) is 1. The smallest absolute Gasteiger partial charge is 0.252 e. The molecule has 4 rings (SSSR count). The number of aromatic nitrogens is 3. The van der Waals surface area contributed by atoms with Gasteiger partial charge < -0.3 is 19.0 Å². The number of fused-ring (bicyclic) bond motifs is 1. The van der Waals surface area contributed by atoms with Gasteiger partial charge in [0.15, 0.2) is 5.89 Å². The highest BCUT2D eigenvalue weighted by Crippen LogP contribution is 2.23. The molecule has 0 unspecified atom stereocenters. The normalized spacial score (nSPS) is 14.8. The summed E-state index contributed by atoms with van der Waals surface area (Å²) in [4.78, 5) is 35.1. The van der Waals surface area contributed by atoms with Crippen LogP contribution in [0.25, 0.3) is 5.65 Å². The molecule has 4 heterocycles. The number of amides is 2. The van der Waals surface area contributed by atoms with Gasteiger partial charge in [0.2, 0.25) is 5.91 Å². The highest BCUT2D eigenvalue weighted by Gasteiger charge is 2.23. The summed E-state index contributed by atoms with van der Waals surface area (Å²) >= 11 is 0. The van der Waals surface area contributed by atoms with Gasteiger partial charge in [-0.15, -0.1) is 0 Å². The number of aryl methyl sites for hydroxylation is 1. The van der Waals surface area contributed by atoms with Crippen LogP contribution in [0.4, 0.5) is 0 Å². The summed E-state index contributed by atoms with van der Waals surface area (Å²) in [5.74, 6) is 1.32. The van der Waals surface area contributed by atoms with Crippen LogP contribution in [0.3, 0.4) is 0 Å². The quantitative estimate of drug-likeness (QED) is 0.562. The number of piperidine rings is 1. The van der Waals surface area contributed by atoms with Crippen molar-refractivity contribution < 1.29 is 14.0 Å². The number of hydrogen-bond acceptors (Lipinski definition) is 5. The second-order valence-electron chi connectivity index (χ2n) is 8.22. The number of oxazole rings is 1. The summed E-state index contributed by atoms with van der Waals surface area (Å²) in [6, 6.07) is 3.65. The van der Waals surface area contributed by atoms with Crippen molar-refractivity contribution in [3.05, 3.63) is 54.1 Å². The first kappa shape index (κ1) is 21.1. The molecule has 8 nitrogen and oxygen atoms in total. The molecule has 8 heteroatoms. The van der Waals surface area contributed by atoms with Gasteiger partial charge in [0.05, 0.1) is 17.7 Å². The number of imidazole rings is 1. The fourth-order valence-corrected chi connectivity index (χ4v) is 4.14. The fraction of sp³-hybridized carbons (Fsp3) is 0.478. The lowest BCUT2D eigenvalue weighted by molar-refractivity contribution is -0.131. The van der Waals surface area contributed by atoms with Gasteiger partial charge in [-0.3, -0.25) is 9.59 Å². The average molecular weight is 424 g/mol. The van der Waals surface area contributed by atoms with E-state index in [4.69, 9.17) is 4.42 Å². The number of carbonyl (C=O) groups excluding carboxylic acids is 2. The summed E-state index contributed by atoms with van der Waals surface area (Å²) in [6.07, 6.45) is 12.5. The van der Waals surface area contributed by atoms with Gasteiger partial charge in [-0.25, -0.2) is 9.97 Å².